The third kappa shape index (κ3) is 4.05. The van der Waals surface area contributed by atoms with Gasteiger partial charge in [0.25, 0.3) is 0 Å². The summed E-state index contributed by atoms with van der Waals surface area (Å²) in [4.78, 5) is 11.5. The van der Waals surface area contributed by atoms with E-state index in [0.29, 0.717) is 17.3 Å². The van der Waals surface area contributed by atoms with E-state index in [-0.39, 0.29) is 11.4 Å². The van der Waals surface area contributed by atoms with Crippen LogP contribution < -0.4 is 4.72 Å². The Morgan fingerprint density at radius 3 is 2.33 bits per heavy atom. The first-order chi connectivity index (χ1) is 9.68. The zero-order chi connectivity index (χ0) is 16.3. The summed E-state index contributed by atoms with van der Waals surface area (Å²) in [7, 11) is -3.75. The van der Waals surface area contributed by atoms with Crippen LogP contribution in [-0.4, -0.2) is 26.0 Å². The number of sulfonamides is 1. The lowest BCUT2D eigenvalue weighted by Gasteiger charge is -2.26. The lowest BCUT2D eigenvalue weighted by molar-refractivity contribution is -0.149. The van der Waals surface area contributed by atoms with Gasteiger partial charge < -0.3 is 5.11 Å². The van der Waals surface area contributed by atoms with E-state index in [1.807, 2.05) is 6.92 Å². The van der Waals surface area contributed by atoms with Crippen LogP contribution in [0.3, 0.4) is 0 Å². The fourth-order valence-electron chi connectivity index (χ4n) is 2.01. The lowest BCUT2D eigenvalue weighted by Crippen LogP contribution is -2.42. The molecule has 118 valence electrons. The van der Waals surface area contributed by atoms with E-state index in [4.69, 9.17) is 0 Å². The van der Waals surface area contributed by atoms with Crippen LogP contribution in [0.2, 0.25) is 0 Å². The Balaban J connectivity index is 3.03. The molecule has 1 aromatic carbocycles. The van der Waals surface area contributed by atoms with Gasteiger partial charge in [0.15, 0.2) is 0 Å². The molecule has 0 aliphatic heterocycles. The van der Waals surface area contributed by atoms with Gasteiger partial charge in [-0.15, -0.1) is 0 Å². The molecule has 0 atom stereocenters. The summed E-state index contributed by atoms with van der Waals surface area (Å²) in [5, 5.41) is 9.34. The van der Waals surface area contributed by atoms with Crippen LogP contribution in [0.15, 0.2) is 27.6 Å². The Kier molecular flexibility index (Phi) is 5.95. The van der Waals surface area contributed by atoms with Crippen LogP contribution in [0.1, 0.15) is 32.3 Å². The van der Waals surface area contributed by atoms with Crippen LogP contribution in [0.5, 0.6) is 0 Å². The van der Waals surface area contributed by atoms with Gasteiger partial charge >= 0.3 is 5.97 Å². The van der Waals surface area contributed by atoms with E-state index >= 15 is 0 Å². The van der Waals surface area contributed by atoms with E-state index in [2.05, 4.69) is 20.7 Å². The number of rotatable bonds is 7. The molecule has 21 heavy (non-hydrogen) atoms. The zero-order valence-electron chi connectivity index (χ0n) is 12.3. The predicted molar refractivity (Wildman–Crippen MR) is 84.7 cm³/mol. The van der Waals surface area contributed by atoms with Gasteiger partial charge in [0.1, 0.15) is 0 Å². The number of hydrogen-bond donors (Lipinski definition) is 2. The number of hydrogen-bond acceptors (Lipinski definition) is 3. The van der Waals surface area contributed by atoms with E-state index in [0.717, 1.165) is 5.56 Å². The number of nitrogens with one attached hydrogen (secondary N) is 1. The molecular formula is C14H20BrNO4S. The topological polar surface area (TPSA) is 83.5 Å². The maximum absolute atomic E-state index is 12.3. The van der Waals surface area contributed by atoms with Crippen LogP contribution in [-0.2, 0) is 14.8 Å². The van der Waals surface area contributed by atoms with E-state index in [1.54, 1.807) is 26.0 Å². The smallest absolute Gasteiger partial charge is 0.310 e. The average molecular weight is 378 g/mol. The van der Waals surface area contributed by atoms with Crippen molar-refractivity contribution in [2.75, 3.05) is 6.54 Å². The molecule has 2 N–H and O–H groups in total. The Bertz CT molecular complexity index is 624. The number of benzene rings is 1. The third-order valence-electron chi connectivity index (χ3n) is 3.78. The summed E-state index contributed by atoms with van der Waals surface area (Å²) >= 11 is 3.23. The highest BCUT2D eigenvalue weighted by Gasteiger charge is 2.36. The molecule has 0 aliphatic rings. The summed E-state index contributed by atoms with van der Waals surface area (Å²) < 4.78 is 27.5. The van der Waals surface area contributed by atoms with Gasteiger partial charge in [-0.05, 0) is 53.4 Å². The largest absolute Gasteiger partial charge is 0.481 e. The van der Waals surface area contributed by atoms with Crippen LogP contribution >= 0.6 is 15.9 Å². The molecule has 1 aromatic rings. The molecule has 7 heteroatoms. The lowest BCUT2D eigenvalue weighted by atomic mass is 9.83. The molecule has 0 unspecified atom stereocenters. The maximum Gasteiger partial charge on any atom is 0.310 e. The number of aryl methyl sites for hydroxylation is 1. The van der Waals surface area contributed by atoms with Crippen molar-refractivity contribution in [3.63, 3.8) is 0 Å². The summed E-state index contributed by atoms with van der Waals surface area (Å²) in [6, 6.07) is 4.91. The first-order valence-corrected chi connectivity index (χ1v) is 8.95. The fourth-order valence-corrected chi connectivity index (χ4v) is 4.33. The van der Waals surface area contributed by atoms with Gasteiger partial charge in [0.2, 0.25) is 10.0 Å². The van der Waals surface area contributed by atoms with Crippen molar-refractivity contribution in [1.82, 2.24) is 4.72 Å². The van der Waals surface area contributed by atoms with Crippen LogP contribution in [0, 0.1) is 12.3 Å². The molecule has 0 aliphatic carbocycles. The molecule has 0 amide bonds. The van der Waals surface area contributed by atoms with Crippen LogP contribution in [0.25, 0.3) is 0 Å². The minimum atomic E-state index is -3.75. The van der Waals surface area contributed by atoms with Gasteiger partial charge in [-0.1, -0.05) is 19.9 Å². The molecule has 0 fully saturated rings. The van der Waals surface area contributed by atoms with Crippen molar-refractivity contribution in [2.45, 2.75) is 38.5 Å². The quantitative estimate of drug-likeness (QED) is 0.764. The molecule has 0 bridgehead atoms. The number of carboxylic acids is 1. The number of halogens is 1. The second kappa shape index (κ2) is 6.89. The molecule has 5 nitrogen and oxygen atoms in total. The van der Waals surface area contributed by atoms with Gasteiger partial charge in [0.05, 0.1) is 10.3 Å². The monoisotopic (exact) mass is 377 g/mol. The Hall–Kier alpha value is -0.920. The van der Waals surface area contributed by atoms with E-state index < -0.39 is 21.4 Å². The highest BCUT2D eigenvalue weighted by atomic mass is 79.9. The first kappa shape index (κ1) is 18.1. The van der Waals surface area contributed by atoms with Gasteiger partial charge in [0, 0.05) is 11.0 Å². The van der Waals surface area contributed by atoms with Gasteiger partial charge in [-0.2, -0.15) is 0 Å². The molecular weight excluding hydrogens is 358 g/mol. The SMILES string of the molecule is CCC(CC)(CNS(=O)(=O)c1ccc(C)cc1Br)C(=O)O. The minimum Gasteiger partial charge on any atom is -0.481 e. The molecule has 0 saturated carbocycles. The number of carbonyl (C=O) groups is 1. The molecule has 0 heterocycles. The summed E-state index contributed by atoms with van der Waals surface area (Å²) in [6.45, 7) is 5.22. The van der Waals surface area contributed by atoms with Gasteiger partial charge in [-0.25, -0.2) is 13.1 Å². The summed E-state index contributed by atoms with van der Waals surface area (Å²) in [5.41, 5.74) is -0.146. The second-order valence-corrected chi connectivity index (χ2v) is 7.64. The molecule has 0 saturated heterocycles. The standard InChI is InChI=1S/C14H20BrNO4S/c1-4-14(5-2,13(17)18)9-16-21(19,20)12-7-6-10(3)8-11(12)15/h6-8,16H,4-5,9H2,1-3H3,(H,17,18). The molecule has 0 spiro atoms. The molecule has 1 rings (SSSR count). The van der Waals surface area contributed by atoms with E-state index in [9.17, 15) is 18.3 Å². The van der Waals surface area contributed by atoms with Crippen molar-refractivity contribution < 1.29 is 18.3 Å². The van der Waals surface area contributed by atoms with Crippen molar-refractivity contribution in [3.05, 3.63) is 28.2 Å². The van der Waals surface area contributed by atoms with Crippen molar-refractivity contribution >= 4 is 31.9 Å². The Labute approximate surface area is 133 Å². The highest BCUT2D eigenvalue weighted by molar-refractivity contribution is 9.10. The average Bonchev–Trinajstić information content (AvgIpc) is 2.39. The number of carboxylic acid groups (broad SMARTS) is 1. The third-order valence-corrected chi connectivity index (χ3v) is 6.16. The number of aliphatic carboxylic acids is 1. The highest BCUT2D eigenvalue weighted by Crippen LogP contribution is 2.28. The summed E-state index contributed by atoms with van der Waals surface area (Å²) in [6.07, 6.45) is 0.715. The van der Waals surface area contributed by atoms with Crippen molar-refractivity contribution in [1.29, 1.82) is 0 Å². The summed E-state index contributed by atoms with van der Waals surface area (Å²) in [5.74, 6) is -0.988. The second-order valence-electron chi connectivity index (χ2n) is 5.05. The van der Waals surface area contributed by atoms with Crippen LogP contribution in [0.4, 0.5) is 0 Å². The normalized spacial score (nSPS) is 12.4. The first-order valence-electron chi connectivity index (χ1n) is 6.67. The minimum absolute atomic E-state index is 0.111. The zero-order valence-corrected chi connectivity index (χ0v) is 14.7. The fraction of sp³-hybridized carbons (Fsp3) is 0.500. The Morgan fingerprint density at radius 2 is 1.90 bits per heavy atom. The molecule has 0 radical (unpaired) electrons. The van der Waals surface area contributed by atoms with E-state index in [1.165, 1.54) is 6.07 Å². The maximum atomic E-state index is 12.3. The predicted octanol–water partition coefficient (Wildman–Crippen LogP) is 2.93. The Morgan fingerprint density at radius 1 is 1.33 bits per heavy atom. The van der Waals surface area contributed by atoms with Crippen molar-refractivity contribution in [3.8, 4) is 0 Å². The molecule has 0 aromatic heterocycles. The van der Waals surface area contributed by atoms with Gasteiger partial charge in [-0.3, -0.25) is 4.79 Å². The van der Waals surface area contributed by atoms with Crippen molar-refractivity contribution in [2.24, 2.45) is 5.41 Å².